The predicted octanol–water partition coefficient (Wildman–Crippen LogP) is 3.32. The molecule has 0 saturated carbocycles. The molecule has 1 heterocycles. The van der Waals surface area contributed by atoms with Crippen LogP contribution in [0.5, 0.6) is 11.5 Å². The average Bonchev–Trinajstić information content (AvgIpc) is 3.08. The summed E-state index contributed by atoms with van der Waals surface area (Å²) in [5.41, 5.74) is 1.74. The van der Waals surface area contributed by atoms with Crippen LogP contribution in [0.2, 0.25) is 0 Å². The first kappa shape index (κ1) is 21.4. The van der Waals surface area contributed by atoms with E-state index in [1.807, 2.05) is 31.2 Å². The lowest BCUT2D eigenvalue weighted by atomic mass is 10.2. The SMILES string of the molecule is CCNC(=O)CSC1=N/C(=C\c2ccc(OC)cc2)C(=O)N1c1cccc(OC)c1. The maximum atomic E-state index is 13.2. The van der Waals surface area contributed by atoms with Crippen LogP contribution in [0.3, 0.4) is 0 Å². The molecule has 0 unspecified atom stereocenters. The van der Waals surface area contributed by atoms with Crippen LogP contribution < -0.4 is 19.7 Å². The minimum atomic E-state index is -0.266. The topological polar surface area (TPSA) is 80.2 Å². The first-order chi connectivity index (χ1) is 14.5. The number of aliphatic imine (C=N–C) groups is 1. The number of rotatable bonds is 7. The largest absolute Gasteiger partial charge is 0.497 e. The van der Waals surface area contributed by atoms with Crippen molar-refractivity contribution in [3.05, 3.63) is 59.8 Å². The van der Waals surface area contributed by atoms with E-state index in [4.69, 9.17) is 9.47 Å². The van der Waals surface area contributed by atoms with Gasteiger partial charge in [-0.3, -0.25) is 14.5 Å². The van der Waals surface area contributed by atoms with Gasteiger partial charge in [-0.1, -0.05) is 30.0 Å². The van der Waals surface area contributed by atoms with Crippen LogP contribution in [0.4, 0.5) is 5.69 Å². The maximum Gasteiger partial charge on any atom is 0.283 e. The third-order valence-electron chi connectivity index (χ3n) is 4.27. The van der Waals surface area contributed by atoms with Crippen LogP contribution in [0, 0.1) is 0 Å². The molecule has 0 bridgehead atoms. The van der Waals surface area contributed by atoms with Crippen molar-refractivity contribution in [3.63, 3.8) is 0 Å². The Kier molecular flexibility index (Phi) is 7.13. The van der Waals surface area contributed by atoms with E-state index in [9.17, 15) is 9.59 Å². The number of hydrogen-bond donors (Lipinski definition) is 1. The summed E-state index contributed by atoms with van der Waals surface area (Å²) in [6.45, 7) is 2.41. The normalized spacial score (nSPS) is 14.6. The fourth-order valence-corrected chi connectivity index (χ4v) is 3.65. The van der Waals surface area contributed by atoms with Crippen molar-refractivity contribution in [2.45, 2.75) is 6.92 Å². The van der Waals surface area contributed by atoms with E-state index in [0.29, 0.717) is 28.8 Å². The summed E-state index contributed by atoms with van der Waals surface area (Å²) in [6, 6.07) is 14.5. The minimum Gasteiger partial charge on any atom is -0.497 e. The van der Waals surface area contributed by atoms with Gasteiger partial charge in [0.05, 0.1) is 25.7 Å². The van der Waals surface area contributed by atoms with Gasteiger partial charge in [0.2, 0.25) is 5.91 Å². The summed E-state index contributed by atoms with van der Waals surface area (Å²) in [5.74, 6) is 1.14. The van der Waals surface area contributed by atoms with Gasteiger partial charge in [0.25, 0.3) is 5.91 Å². The molecule has 2 aromatic carbocycles. The molecule has 1 aliphatic heterocycles. The van der Waals surface area contributed by atoms with Crippen LogP contribution in [0.15, 0.2) is 59.2 Å². The average molecular weight is 426 g/mol. The van der Waals surface area contributed by atoms with E-state index in [1.54, 1.807) is 44.6 Å². The number of carbonyl (C=O) groups is 2. The van der Waals surface area contributed by atoms with Crippen LogP contribution in [-0.2, 0) is 9.59 Å². The second-order valence-electron chi connectivity index (χ2n) is 6.28. The standard InChI is InChI=1S/C22H23N3O4S/c1-4-23-20(26)14-30-22-24-19(12-15-8-10-17(28-2)11-9-15)21(27)25(22)16-6-5-7-18(13-16)29-3/h5-13H,4,14H2,1-3H3,(H,23,26)/b19-12-. The number of anilines is 1. The van der Waals surface area contributed by atoms with Gasteiger partial charge >= 0.3 is 0 Å². The molecule has 0 spiro atoms. The fraction of sp³-hybridized carbons (Fsp3) is 0.227. The summed E-state index contributed by atoms with van der Waals surface area (Å²) in [6.07, 6.45) is 1.72. The third kappa shape index (κ3) is 5.01. The highest BCUT2D eigenvalue weighted by Gasteiger charge is 2.32. The van der Waals surface area contributed by atoms with E-state index in [0.717, 1.165) is 11.3 Å². The van der Waals surface area contributed by atoms with Gasteiger partial charge in [0.15, 0.2) is 5.17 Å². The molecule has 8 heteroatoms. The molecule has 2 aromatic rings. The van der Waals surface area contributed by atoms with Crippen molar-refractivity contribution < 1.29 is 19.1 Å². The number of thioether (sulfide) groups is 1. The van der Waals surface area contributed by atoms with Crippen molar-refractivity contribution in [1.29, 1.82) is 0 Å². The summed E-state index contributed by atoms with van der Waals surface area (Å²) < 4.78 is 10.5. The van der Waals surface area contributed by atoms with Gasteiger partial charge in [0, 0.05) is 12.6 Å². The lowest BCUT2D eigenvalue weighted by Gasteiger charge is -2.18. The van der Waals surface area contributed by atoms with E-state index in [1.165, 1.54) is 16.7 Å². The van der Waals surface area contributed by atoms with Gasteiger partial charge < -0.3 is 14.8 Å². The Hall–Kier alpha value is -3.26. The van der Waals surface area contributed by atoms with Crippen LogP contribution >= 0.6 is 11.8 Å². The second-order valence-corrected chi connectivity index (χ2v) is 7.22. The molecule has 0 aliphatic carbocycles. The number of benzene rings is 2. The molecule has 0 fully saturated rings. The molecule has 1 N–H and O–H groups in total. The summed E-state index contributed by atoms with van der Waals surface area (Å²) in [5, 5.41) is 3.19. The molecule has 30 heavy (non-hydrogen) atoms. The number of ether oxygens (including phenoxy) is 2. The molecular weight excluding hydrogens is 402 g/mol. The number of nitrogens with one attached hydrogen (secondary N) is 1. The highest BCUT2D eigenvalue weighted by Crippen LogP contribution is 2.31. The van der Waals surface area contributed by atoms with Gasteiger partial charge in [0.1, 0.15) is 17.2 Å². The van der Waals surface area contributed by atoms with Gasteiger partial charge in [-0.15, -0.1) is 0 Å². The number of amidine groups is 1. The second kappa shape index (κ2) is 9.98. The molecule has 2 amide bonds. The Morgan fingerprint density at radius 1 is 1.13 bits per heavy atom. The van der Waals surface area contributed by atoms with Gasteiger partial charge in [-0.25, -0.2) is 4.99 Å². The molecule has 156 valence electrons. The predicted molar refractivity (Wildman–Crippen MR) is 120 cm³/mol. The van der Waals surface area contributed by atoms with Crippen LogP contribution in [0.1, 0.15) is 12.5 Å². The molecular formula is C22H23N3O4S. The number of carbonyl (C=O) groups excluding carboxylic acids is 2. The van der Waals surface area contributed by atoms with Crippen LogP contribution in [-0.4, -0.2) is 43.5 Å². The van der Waals surface area contributed by atoms with E-state index in [2.05, 4.69) is 10.3 Å². The van der Waals surface area contributed by atoms with Crippen molar-refractivity contribution in [2.24, 2.45) is 4.99 Å². The van der Waals surface area contributed by atoms with Crippen LogP contribution in [0.25, 0.3) is 6.08 Å². The minimum absolute atomic E-state index is 0.115. The van der Waals surface area contributed by atoms with E-state index < -0.39 is 0 Å². The first-order valence-corrected chi connectivity index (χ1v) is 10.4. The number of hydrogen-bond acceptors (Lipinski definition) is 6. The Morgan fingerprint density at radius 2 is 1.87 bits per heavy atom. The molecule has 0 aromatic heterocycles. The quantitative estimate of drug-likeness (QED) is 0.689. The molecule has 0 saturated heterocycles. The lowest BCUT2D eigenvalue weighted by molar-refractivity contribution is -0.118. The number of amides is 2. The zero-order valence-corrected chi connectivity index (χ0v) is 17.9. The van der Waals surface area contributed by atoms with Crippen molar-refractivity contribution >= 4 is 40.5 Å². The Labute approximate surface area is 179 Å². The number of methoxy groups -OCH3 is 2. The third-order valence-corrected chi connectivity index (χ3v) is 5.21. The first-order valence-electron chi connectivity index (χ1n) is 9.38. The summed E-state index contributed by atoms with van der Waals surface area (Å²) in [4.78, 5) is 31.1. The van der Waals surface area contributed by atoms with Gasteiger partial charge in [-0.05, 0) is 42.8 Å². The maximum absolute atomic E-state index is 13.2. The molecule has 7 nitrogen and oxygen atoms in total. The van der Waals surface area contributed by atoms with Crippen molar-refractivity contribution in [1.82, 2.24) is 5.32 Å². The lowest BCUT2D eigenvalue weighted by Crippen LogP contribution is -2.32. The number of nitrogens with zero attached hydrogens (tertiary/aromatic N) is 2. The Morgan fingerprint density at radius 3 is 2.53 bits per heavy atom. The van der Waals surface area contributed by atoms with Gasteiger partial charge in [-0.2, -0.15) is 0 Å². The van der Waals surface area contributed by atoms with Crippen molar-refractivity contribution in [3.8, 4) is 11.5 Å². The smallest absolute Gasteiger partial charge is 0.283 e. The molecule has 1 aliphatic rings. The monoisotopic (exact) mass is 425 g/mol. The van der Waals surface area contributed by atoms with Crippen molar-refractivity contribution in [2.75, 3.05) is 31.4 Å². The summed E-state index contributed by atoms with van der Waals surface area (Å²) in [7, 11) is 3.17. The zero-order valence-electron chi connectivity index (χ0n) is 17.0. The Bertz CT molecular complexity index is 986. The highest BCUT2D eigenvalue weighted by molar-refractivity contribution is 8.14. The zero-order chi connectivity index (χ0) is 21.5. The van der Waals surface area contributed by atoms with E-state index >= 15 is 0 Å². The Balaban J connectivity index is 1.93. The fourth-order valence-electron chi connectivity index (χ4n) is 2.81. The van der Waals surface area contributed by atoms with E-state index in [-0.39, 0.29) is 17.6 Å². The highest BCUT2D eigenvalue weighted by atomic mass is 32.2. The molecule has 3 rings (SSSR count). The molecule has 0 radical (unpaired) electrons. The molecule has 0 atom stereocenters. The summed E-state index contributed by atoms with van der Waals surface area (Å²) >= 11 is 1.21.